The van der Waals surface area contributed by atoms with Crippen molar-refractivity contribution < 1.29 is 4.74 Å². The van der Waals surface area contributed by atoms with Gasteiger partial charge in [0.2, 0.25) is 0 Å². The van der Waals surface area contributed by atoms with Gasteiger partial charge in [-0.3, -0.25) is 0 Å². The Bertz CT molecular complexity index is 787. The van der Waals surface area contributed by atoms with Crippen LogP contribution < -0.4 is 24.9 Å². The molecule has 0 amide bonds. The summed E-state index contributed by atoms with van der Waals surface area (Å²) in [5, 5.41) is 3.02. The Hall–Kier alpha value is -1.94. The number of hydrogen-bond donors (Lipinski definition) is 0. The van der Waals surface area contributed by atoms with Crippen LogP contribution in [0, 0.1) is 0 Å². The van der Waals surface area contributed by atoms with E-state index in [1.54, 1.807) is 12.3 Å². The van der Waals surface area contributed by atoms with Gasteiger partial charge in [0.1, 0.15) is 20.0 Å². The van der Waals surface area contributed by atoms with Crippen molar-refractivity contribution in [3.05, 3.63) is 36.4 Å². The zero-order valence-corrected chi connectivity index (χ0v) is 15.6. The summed E-state index contributed by atoms with van der Waals surface area (Å²) in [6, 6.07) is 13.4. The maximum Gasteiger partial charge on any atom is 0.142 e. The van der Waals surface area contributed by atoms with E-state index in [0.29, 0.717) is 6.17 Å². The van der Waals surface area contributed by atoms with E-state index in [0.717, 1.165) is 12.3 Å². The summed E-state index contributed by atoms with van der Waals surface area (Å²) in [5.41, 5.74) is 4.07. The lowest BCUT2D eigenvalue weighted by Gasteiger charge is -2.40. The van der Waals surface area contributed by atoms with Gasteiger partial charge in [0.25, 0.3) is 0 Å². The molecule has 2 aromatic rings. The van der Waals surface area contributed by atoms with Crippen LogP contribution in [0.2, 0.25) is 13.1 Å². The highest BCUT2D eigenvalue weighted by Gasteiger charge is 2.46. The molecule has 2 aliphatic rings. The van der Waals surface area contributed by atoms with Gasteiger partial charge in [-0.05, 0) is 36.4 Å². The van der Waals surface area contributed by atoms with E-state index in [4.69, 9.17) is 4.74 Å². The summed E-state index contributed by atoms with van der Waals surface area (Å²) in [6.07, 6.45) is 0.316. The predicted molar refractivity (Wildman–Crippen MR) is 101 cm³/mol. The third-order valence-electron chi connectivity index (χ3n) is 5.54. The lowest BCUT2D eigenvalue weighted by atomic mass is 10.2. The van der Waals surface area contributed by atoms with Crippen LogP contribution in [-0.4, -0.2) is 27.9 Å². The molecule has 120 valence electrons. The second-order valence-electron chi connectivity index (χ2n) is 6.94. The molecule has 0 saturated carbocycles. The number of ether oxygens (including phenoxy) is 1. The van der Waals surface area contributed by atoms with Crippen molar-refractivity contribution >= 4 is 35.5 Å². The predicted octanol–water partition coefficient (Wildman–Crippen LogP) is 3.16. The monoisotopic (exact) mass is 324 g/mol. The summed E-state index contributed by atoms with van der Waals surface area (Å²) in [4.78, 5) is 4.99. The zero-order valence-electron chi connectivity index (χ0n) is 14.6. The zero-order chi connectivity index (χ0) is 16.4. The molecule has 4 rings (SSSR count). The van der Waals surface area contributed by atoms with Crippen LogP contribution in [0.15, 0.2) is 36.4 Å². The Morgan fingerprint density at radius 1 is 1.04 bits per heavy atom. The Morgan fingerprint density at radius 2 is 1.70 bits per heavy atom. The summed E-state index contributed by atoms with van der Waals surface area (Å²) >= 11 is 0. The summed E-state index contributed by atoms with van der Waals surface area (Å²) in [6.45, 7) is 10.5. The number of nitrogens with zero attached hydrogens (tertiary/aromatic N) is 2. The highest BCUT2D eigenvalue weighted by atomic mass is 28.3. The molecule has 0 bridgehead atoms. The lowest BCUT2D eigenvalue weighted by molar-refractivity contribution is 0.415. The van der Waals surface area contributed by atoms with Gasteiger partial charge in [-0.1, -0.05) is 37.4 Å². The largest absolute Gasteiger partial charge is 0.495 e. The minimum Gasteiger partial charge on any atom is -0.495 e. The van der Waals surface area contributed by atoms with Crippen molar-refractivity contribution in [2.24, 2.45) is 0 Å². The molecule has 1 atom stereocenters. The number of para-hydroxylation sites is 2. The minimum atomic E-state index is -1.73. The Balaban J connectivity index is 2.10. The molecule has 2 aliphatic heterocycles. The quantitative estimate of drug-likeness (QED) is 0.789. The van der Waals surface area contributed by atoms with Crippen molar-refractivity contribution in [1.29, 1.82) is 0 Å². The molecule has 4 heteroatoms. The normalized spacial score (nSPS) is 20.3. The van der Waals surface area contributed by atoms with Crippen molar-refractivity contribution in [3.63, 3.8) is 0 Å². The average Bonchev–Trinajstić information content (AvgIpc) is 2.84. The molecule has 23 heavy (non-hydrogen) atoms. The minimum absolute atomic E-state index is 0.316. The first kappa shape index (κ1) is 14.6. The van der Waals surface area contributed by atoms with Gasteiger partial charge in [-0.25, -0.2) is 0 Å². The second-order valence-corrected chi connectivity index (χ2v) is 11.3. The molecule has 2 heterocycles. The highest BCUT2D eigenvalue weighted by Crippen LogP contribution is 2.48. The van der Waals surface area contributed by atoms with Crippen molar-refractivity contribution in [2.75, 3.05) is 23.5 Å². The average molecular weight is 325 g/mol. The van der Waals surface area contributed by atoms with E-state index in [1.807, 2.05) is 0 Å². The number of rotatable bonds is 2. The van der Waals surface area contributed by atoms with Gasteiger partial charge < -0.3 is 14.5 Å². The number of fused-ring (bicyclic) bond motifs is 2. The third kappa shape index (κ3) is 1.70. The topological polar surface area (TPSA) is 15.7 Å². The van der Waals surface area contributed by atoms with Crippen LogP contribution in [0.25, 0.3) is 0 Å². The van der Waals surface area contributed by atoms with Crippen LogP contribution >= 0.6 is 0 Å². The molecule has 0 aliphatic carbocycles. The van der Waals surface area contributed by atoms with E-state index in [1.165, 1.54) is 22.2 Å². The fourth-order valence-corrected chi connectivity index (χ4v) is 7.36. The maximum absolute atomic E-state index is 5.76. The standard InChI is InChI=1S/C19H24N2OSi/c1-6-20-13(2)21-18-14(20)9-7-11-16(18)23(4,5)17-12-8-10-15(22-3)19(17)21/h7-13H,6H2,1-5H3/t13-/m0/s1. The molecule has 0 aromatic heterocycles. The number of benzene rings is 2. The van der Waals surface area contributed by atoms with E-state index in [2.05, 4.69) is 73.1 Å². The number of hydrogen-bond acceptors (Lipinski definition) is 3. The fourth-order valence-electron chi connectivity index (χ4n) is 4.37. The summed E-state index contributed by atoms with van der Waals surface area (Å²) in [7, 11) is 0.0487. The van der Waals surface area contributed by atoms with Crippen LogP contribution in [0.4, 0.5) is 17.1 Å². The lowest BCUT2D eigenvalue weighted by Crippen LogP contribution is -2.59. The Morgan fingerprint density at radius 3 is 2.35 bits per heavy atom. The van der Waals surface area contributed by atoms with Crippen molar-refractivity contribution in [1.82, 2.24) is 0 Å². The third-order valence-corrected chi connectivity index (χ3v) is 9.04. The van der Waals surface area contributed by atoms with E-state index < -0.39 is 8.07 Å². The van der Waals surface area contributed by atoms with Crippen LogP contribution in [0.5, 0.6) is 5.75 Å². The van der Waals surface area contributed by atoms with Crippen molar-refractivity contribution in [3.8, 4) is 5.75 Å². The SMILES string of the molecule is CCN1c2cccc3c2N(c2c(OC)cccc2[Si]3(C)C)[C@H]1C. The first-order valence-electron chi connectivity index (χ1n) is 8.39. The fraction of sp³-hybridized carbons (Fsp3) is 0.368. The summed E-state index contributed by atoms with van der Waals surface area (Å²) in [5.74, 6) is 0.994. The van der Waals surface area contributed by atoms with E-state index in [9.17, 15) is 0 Å². The molecule has 3 nitrogen and oxygen atoms in total. The smallest absolute Gasteiger partial charge is 0.142 e. The molecule has 0 fully saturated rings. The molecular formula is C19H24N2OSi. The Kier molecular flexibility index (Phi) is 3.04. The highest BCUT2D eigenvalue weighted by molar-refractivity contribution is 7.03. The molecule has 0 radical (unpaired) electrons. The van der Waals surface area contributed by atoms with Crippen LogP contribution in [0.3, 0.4) is 0 Å². The van der Waals surface area contributed by atoms with Crippen LogP contribution in [-0.2, 0) is 0 Å². The number of anilines is 3. The molecule has 0 spiro atoms. The number of methoxy groups -OCH3 is 1. The molecule has 2 aromatic carbocycles. The van der Waals surface area contributed by atoms with Gasteiger partial charge in [-0.2, -0.15) is 0 Å². The first-order chi connectivity index (χ1) is 11.0. The van der Waals surface area contributed by atoms with Gasteiger partial charge in [0.05, 0.1) is 24.2 Å². The van der Waals surface area contributed by atoms with Gasteiger partial charge in [0, 0.05) is 6.54 Å². The van der Waals surface area contributed by atoms with Gasteiger partial charge in [-0.15, -0.1) is 0 Å². The van der Waals surface area contributed by atoms with E-state index >= 15 is 0 Å². The molecule has 0 saturated heterocycles. The molecule has 0 N–H and O–H groups in total. The molecule has 0 unspecified atom stereocenters. The van der Waals surface area contributed by atoms with Crippen LogP contribution in [0.1, 0.15) is 13.8 Å². The second kappa shape index (κ2) is 4.77. The maximum atomic E-state index is 5.76. The van der Waals surface area contributed by atoms with E-state index in [-0.39, 0.29) is 0 Å². The van der Waals surface area contributed by atoms with Crippen molar-refractivity contribution in [2.45, 2.75) is 33.1 Å². The summed E-state index contributed by atoms with van der Waals surface area (Å²) < 4.78 is 5.76. The Labute approximate surface area is 139 Å². The first-order valence-corrected chi connectivity index (χ1v) is 11.4. The molecular weight excluding hydrogens is 300 g/mol. The van der Waals surface area contributed by atoms with Gasteiger partial charge >= 0.3 is 0 Å². The van der Waals surface area contributed by atoms with Gasteiger partial charge in [0.15, 0.2) is 0 Å².